The van der Waals surface area contributed by atoms with Crippen LogP contribution in [0.5, 0.6) is 0 Å². The summed E-state index contributed by atoms with van der Waals surface area (Å²) in [6, 6.07) is 3.91. The van der Waals surface area contributed by atoms with E-state index in [-0.39, 0.29) is 12.0 Å². The first kappa shape index (κ1) is 13.3. The van der Waals surface area contributed by atoms with Gasteiger partial charge in [0.25, 0.3) is 0 Å². The molecule has 0 saturated carbocycles. The maximum atomic E-state index is 11.9. The number of rotatable bonds is 5. The number of nitrogens with one attached hydrogen (secondary N) is 1. The van der Waals surface area contributed by atoms with Crippen LogP contribution in [-0.2, 0) is 22.5 Å². The average Bonchev–Trinajstić information content (AvgIpc) is 3.12. The molecule has 0 spiro atoms. The van der Waals surface area contributed by atoms with Crippen LogP contribution in [-0.4, -0.2) is 28.4 Å². The highest BCUT2D eigenvalue weighted by Gasteiger charge is 2.16. The SMILES string of the molecule is O=C(Cc1cccs1)Nc1cnn(C[C@@H]2CCCO2)c1. The van der Waals surface area contributed by atoms with E-state index in [1.54, 1.807) is 17.5 Å². The van der Waals surface area contributed by atoms with Crippen LogP contribution in [0.15, 0.2) is 29.9 Å². The fraction of sp³-hybridized carbons (Fsp3) is 0.429. The summed E-state index contributed by atoms with van der Waals surface area (Å²) in [7, 11) is 0. The number of aromatic nitrogens is 2. The van der Waals surface area contributed by atoms with E-state index in [0.29, 0.717) is 6.42 Å². The van der Waals surface area contributed by atoms with Crippen LogP contribution in [0, 0.1) is 0 Å². The number of amides is 1. The van der Waals surface area contributed by atoms with Crippen molar-refractivity contribution >= 4 is 22.9 Å². The zero-order valence-electron chi connectivity index (χ0n) is 11.1. The highest BCUT2D eigenvalue weighted by Crippen LogP contribution is 2.15. The third-order valence-electron chi connectivity index (χ3n) is 3.25. The minimum absolute atomic E-state index is 0.0101. The highest BCUT2D eigenvalue weighted by molar-refractivity contribution is 7.10. The Morgan fingerprint density at radius 2 is 2.55 bits per heavy atom. The topological polar surface area (TPSA) is 56.2 Å². The third-order valence-corrected chi connectivity index (χ3v) is 4.12. The summed E-state index contributed by atoms with van der Waals surface area (Å²) < 4.78 is 7.40. The molecule has 3 heterocycles. The molecule has 1 atom stereocenters. The second-order valence-corrected chi connectivity index (χ2v) is 5.92. The van der Waals surface area contributed by atoms with E-state index in [1.807, 2.05) is 28.4 Å². The summed E-state index contributed by atoms with van der Waals surface area (Å²) in [5.41, 5.74) is 0.740. The van der Waals surface area contributed by atoms with E-state index in [4.69, 9.17) is 4.74 Å². The molecule has 6 heteroatoms. The molecule has 2 aromatic rings. The lowest BCUT2D eigenvalue weighted by molar-refractivity contribution is -0.115. The molecule has 0 aromatic carbocycles. The van der Waals surface area contributed by atoms with Crippen molar-refractivity contribution < 1.29 is 9.53 Å². The van der Waals surface area contributed by atoms with Crippen LogP contribution < -0.4 is 5.32 Å². The quantitative estimate of drug-likeness (QED) is 0.919. The molecule has 1 aliphatic heterocycles. The Bertz CT molecular complexity index is 559. The second kappa shape index (κ2) is 6.19. The first-order chi connectivity index (χ1) is 9.79. The normalized spacial score (nSPS) is 18.3. The smallest absolute Gasteiger partial charge is 0.229 e. The van der Waals surface area contributed by atoms with Crippen molar-refractivity contribution in [2.24, 2.45) is 0 Å². The van der Waals surface area contributed by atoms with Gasteiger partial charge in [0.2, 0.25) is 5.91 Å². The van der Waals surface area contributed by atoms with Gasteiger partial charge in [-0.1, -0.05) is 6.07 Å². The first-order valence-corrected chi connectivity index (χ1v) is 7.64. The summed E-state index contributed by atoms with van der Waals surface area (Å²) in [5.74, 6) is -0.0101. The number of carbonyl (C=O) groups is 1. The Hall–Kier alpha value is -1.66. The van der Waals surface area contributed by atoms with Gasteiger partial charge in [0.1, 0.15) is 0 Å². The van der Waals surface area contributed by atoms with E-state index in [1.165, 1.54) is 0 Å². The molecule has 1 N–H and O–H groups in total. The minimum atomic E-state index is -0.0101. The zero-order chi connectivity index (χ0) is 13.8. The molecule has 0 unspecified atom stereocenters. The van der Waals surface area contributed by atoms with Gasteiger partial charge in [0.05, 0.1) is 31.0 Å². The lowest BCUT2D eigenvalue weighted by Crippen LogP contribution is -2.15. The number of carbonyl (C=O) groups excluding carboxylic acids is 1. The third kappa shape index (κ3) is 3.46. The number of nitrogens with zero attached hydrogens (tertiary/aromatic N) is 2. The van der Waals surface area contributed by atoms with Crippen molar-refractivity contribution in [3.8, 4) is 0 Å². The Morgan fingerprint density at radius 3 is 3.30 bits per heavy atom. The first-order valence-electron chi connectivity index (χ1n) is 6.76. The van der Waals surface area contributed by atoms with Crippen LogP contribution in [0.4, 0.5) is 5.69 Å². The average molecular weight is 291 g/mol. The van der Waals surface area contributed by atoms with Gasteiger partial charge in [0.15, 0.2) is 0 Å². The second-order valence-electron chi connectivity index (χ2n) is 4.89. The van der Waals surface area contributed by atoms with Crippen molar-refractivity contribution in [3.63, 3.8) is 0 Å². The molecule has 0 aliphatic carbocycles. The van der Waals surface area contributed by atoms with Gasteiger partial charge in [-0.3, -0.25) is 9.48 Å². The highest BCUT2D eigenvalue weighted by atomic mass is 32.1. The van der Waals surface area contributed by atoms with Gasteiger partial charge in [-0.15, -0.1) is 11.3 Å². The van der Waals surface area contributed by atoms with Gasteiger partial charge in [-0.25, -0.2) is 0 Å². The number of hydrogen-bond donors (Lipinski definition) is 1. The summed E-state index contributed by atoms with van der Waals surface area (Å²) in [6.07, 6.45) is 6.41. The molecule has 0 radical (unpaired) electrons. The Morgan fingerprint density at radius 1 is 1.60 bits per heavy atom. The number of thiophene rings is 1. The molecule has 3 rings (SSSR count). The van der Waals surface area contributed by atoms with Crippen LogP contribution >= 0.6 is 11.3 Å². The molecular weight excluding hydrogens is 274 g/mol. The lowest BCUT2D eigenvalue weighted by Gasteiger charge is -2.08. The van der Waals surface area contributed by atoms with E-state index in [9.17, 15) is 4.79 Å². The van der Waals surface area contributed by atoms with Gasteiger partial charge in [-0.2, -0.15) is 5.10 Å². The number of ether oxygens (including phenoxy) is 1. The van der Waals surface area contributed by atoms with Crippen LogP contribution in [0.3, 0.4) is 0 Å². The van der Waals surface area contributed by atoms with Crippen molar-refractivity contribution in [2.75, 3.05) is 11.9 Å². The fourth-order valence-corrected chi connectivity index (χ4v) is 3.01. The van der Waals surface area contributed by atoms with E-state index in [2.05, 4.69) is 10.4 Å². The van der Waals surface area contributed by atoms with Crippen molar-refractivity contribution in [1.82, 2.24) is 9.78 Å². The maximum Gasteiger partial charge on any atom is 0.229 e. The van der Waals surface area contributed by atoms with Crippen LogP contribution in [0.1, 0.15) is 17.7 Å². The maximum absolute atomic E-state index is 11.9. The van der Waals surface area contributed by atoms with E-state index < -0.39 is 0 Å². The van der Waals surface area contributed by atoms with Crippen LogP contribution in [0.25, 0.3) is 0 Å². The molecule has 1 fully saturated rings. The molecule has 2 aromatic heterocycles. The molecule has 106 valence electrons. The van der Waals surface area contributed by atoms with Crippen molar-refractivity contribution in [2.45, 2.75) is 31.9 Å². The molecule has 1 amide bonds. The largest absolute Gasteiger partial charge is 0.376 e. The lowest BCUT2D eigenvalue weighted by atomic mass is 10.2. The molecule has 0 bridgehead atoms. The molecular formula is C14H17N3O2S. The summed E-state index contributed by atoms with van der Waals surface area (Å²) in [6.45, 7) is 1.59. The van der Waals surface area contributed by atoms with Crippen LogP contribution in [0.2, 0.25) is 0 Å². The van der Waals surface area contributed by atoms with Gasteiger partial charge in [-0.05, 0) is 24.3 Å². The zero-order valence-corrected chi connectivity index (χ0v) is 11.9. The predicted molar refractivity (Wildman–Crippen MR) is 77.9 cm³/mol. The molecule has 1 aliphatic rings. The van der Waals surface area contributed by atoms with Gasteiger partial charge >= 0.3 is 0 Å². The Labute approximate surface area is 121 Å². The Kier molecular flexibility index (Phi) is 4.13. The Balaban J connectivity index is 1.52. The summed E-state index contributed by atoms with van der Waals surface area (Å²) in [5, 5.41) is 9.10. The number of anilines is 1. The molecule has 1 saturated heterocycles. The standard InChI is InChI=1S/C14H17N3O2S/c18-14(7-13-4-2-6-20-13)16-11-8-15-17(9-11)10-12-3-1-5-19-12/h2,4,6,8-9,12H,1,3,5,7,10H2,(H,16,18)/t12-/m0/s1. The van der Waals surface area contributed by atoms with Gasteiger partial charge < -0.3 is 10.1 Å². The minimum Gasteiger partial charge on any atom is -0.376 e. The fourth-order valence-electron chi connectivity index (χ4n) is 2.30. The molecule has 20 heavy (non-hydrogen) atoms. The van der Waals surface area contributed by atoms with E-state index in [0.717, 1.165) is 36.6 Å². The monoisotopic (exact) mass is 291 g/mol. The van der Waals surface area contributed by atoms with Gasteiger partial charge in [0, 0.05) is 17.7 Å². The van der Waals surface area contributed by atoms with Crippen molar-refractivity contribution in [3.05, 3.63) is 34.8 Å². The summed E-state index contributed by atoms with van der Waals surface area (Å²) >= 11 is 1.59. The van der Waals surface area contributed by atoms with Crippen molar-refractivity contribution in [1.29, 1.82) is 0 Å². The molecule has 5 nitrogen and oxygen atoms in total. The van der Waals surface area contributed by atoms with E-state index >= 15 is 0 Å². The number of hydrogen-bond acceptors (Lipinski definition) is 4. The summed E-state index contributed by atoms with van der Waals surface area (Å²) in [4.78, 5) is 12.9. The predicted octanol–water partition coefficient (Wildman–Crippen LogP) is 2.30.